The molecule has 0 atom stereocenters. The summed E-state index contributed by atoms with van der Waals surface area (Å²) in [7, 11) is 0. The van der Waals surface area contributed by atoms with Gasteiger partial charge in [0, 0.05) is 23.9 Å². The molecule has 1 heterocycles. The summed E-state index contributed by atoms with van der Waals surface area (Å²) in [5, 5.41) is 10.3. The Morgan fingerprint density at radius 3 is 2.44 bits per heavy atom. The molecule has 1 aliphatic rings. The van der Waals surface area contributed by atoms with E-state index in [2.05, 4.69) is 56.9 Å². The number of benzene rings is 2. The molecule has 2 aromatic rings. The minimum Gasteiger partial charge on any atom is -0.508 e. The number of phenols is 1. The molecule has 4 nitrogen and oxygen atoms in total. The summed E-state index contributed by atoms with van der Waals surface area (Å²) in [6.45, 7) is 9.98. The van der Waals surface area contributed by atoms with Crippen LogP contribution in [-0.2, 0) is 5.41 Å². The van der Waals surface area contributed by atoms with E-state index in [9.17, 15) is 5.11 Å². The topological polar surface area (TPSA) is 41.9 Å². The zero-order valence-electron chi connectivity index (χ0n) is 16.7. The van der Waals surface area contributed by atoms with Gasteiger partial charge in [-0.25, -0.2) is 0 Å². The maximum Gasteiger partial charge on any atom is 0.172 e. The van der Waals surface area contributed by atoms with Gasteiger partial charge in [0.25, 0.3) is 0 Å². The quantitative estimate of drug-likeness (QED) is 0.721. The zero-order chi connectivity index (χ0) is 19.4. The number of anilines is 1. The van der Waals surface area contributed by atoms with Crippen molar-refractivity contribution >= 4 is 5.69 Å². The van der Waals surface area contributed by atoms with Crippen LogP contribution >= 0.6 is 0 Å². The lowest BCUT2D eigenvalue weighted by atomic mass is 9.86. The molecule has 144 valence electrons. The third-order valence-corrected chi connectivity index (χ3v) is 4.68. The van der Waals surface area contributed by atoms with Crippen molar-refractivity contribution in [3.8, 4) is 17.2 Å². The van der Waals surface area contributed by atoms with Crippen LogP contribution in [0.25, 0.3) is 0 Å². The lowest BCUT2D eigenvalue weighted by molar-refractivity contribution is 0.315. The molecule has 0 amide bonds. The number of rotatable bonds is 6. The molecule has 1 aliphatic heterocycles. The van der Waals surface area contributed by atoms with Gasteiger partial charge in [0.15, 0.2) is 17.3 Å². The van der Waals surface area contributed by atoms with Crippen LogP contribution < -0.4 is 14.4 Å². The third kappa shape index (κ3) is 4.57. The second kappa shape index (κ2) is 7.95. The third-order valence-electron chi connectivity index (χ3n) is 4.68. The first kappa shape index (κ1) is 19.2. The average molecular weight is 367 g/mol. The van der Waals surface area contributed by atoms with E-state index in [4.69, 9.17) is 9.47 Å². The highest BCUT2D eigenvalue weighted by molar-refractivity contribution is 5.54. The van der Waals surface area contributed by atoms with Gasteiger partial charge in [0.2, 0.25) is 0 Å². The number of unbranched alkanes of at least 4 members (excludes halogenated alkanes) is 1. The highest BCUT2D eigenvalue weighted by atomic mass is 16.6. The van der Waals surface area contributed by atoms with Crippen LogP contribution in [0.1, 0.15) is 46.1 Å². The van der Waals surface area contributed by atoms with E-state index in [1.54, 1.807) is 12.3 Å². The molecule has 0 aromatic heterocycles. The molecule has 0 bridgehead atoms. The number of hydrogen-bond acceptors (Lipinski definition) is 4. The molecular formula is C23H29NO3. The van der Waals surface area contributed by atoms with Crippen LogP contribution in [0.15, 0.2) is 54.5 Å². The minimum atomic E-state index is -0.180. The number of para-hydroxylation sites is 1. The first-order valence-electron chi connectivity index (χ1n) is 9.59. The van der Waals surface area contributed by atoms with Crippen molar-refractivity contribution in [2.45, 2.75) is 46.0 Å². The van der Waals surface area contributed by atoms with Crippen molar-refractivity contribution in [2.75, 3.05) is 18.0 Å². The fraction of sp³-hybridized carbons (Fsp3) is 0.391. The Kier molecular flexibility index (Phi) is 5.64. The summed E-state index contributed by atoms with van der Waals surface area (Å²) in [5.41, 5.74) is 1.83. The fourth-order valence-electron chi connectivity index (χ4n) is 3.16. The summed E-state index contributed by atoms with van der Waals surface area (Å²) < 4.78 is 11.9. The molecule has 27 heavy (non-hydrogen) atoms. The van der Waals surface area contributed by atoms with Crippen molar-refractivity contribution in [1.29, 1.82) is 0 Å². The number of aromatic hydroxyl groups is 1. The Hall–Kier alpha value is -2.62. The molecule has 2 aromatic carbocycles. The Morgan fingerprint density at radius 1 is 1.04 bits per heavy atom. The molecule has 0 radical (unpaired) electrons. The summed E-state index contributed by atoms with van der Waals surface area (Å²) in [6.07, 6.45) is 3.89. The molecule has 0 spiro atoms. The minimum absolute atomic E-state index is 0.180. The van der Waals surface area contributed by atoms with E-state index in [0.717, 1.165) is 30.7 Å². The van der Waals surface area contributed by atoms with Crippen molar-refractivity contribution in [2.24, 2.45) is 0 Å². The van der Waals surface area contributed by atoms with Gasteiger partial charge in [-0.05, 0) is 30.0 Å². The van der Waals surface area contributed by atoms with Gasteiger partial charge in [0.05, 0.1) is 6.54 Å². The van der Waals surface area contributed by atoms with Crippen molar-refractivity contribution in [3.63, 3.8) is 0 Å². The Bertz CT molecular complexity index is 806. The monoisotopic (exact) mass is 367 g/mol. The SMILES string of the molecule is CCCCN(CC1=COc2cc(O)c(C(C)(C)C)cc2O1)c1ccccc1. The van der Waals surface area contributed by atoms with Gasteiger partial charge in [-0.3, -0.25) is 0 Å². The van der Waals surface area contributed by atoms with Gasteiger partial charge in [-0.15, -0.1) is 0 Å². The second-order valence-corrected chi connectivity index (χ2v) is 7.98. The smallest absolute Gasteiger partial charge is 0.172 e. The van der Waals surface area contributed by atoms with E-state index in [1.807, 2.05) is 12.1 Å². The van der Waals surface area contributed by atoms with E-state index in [0.29, 0.717) is 18.0 Å². The number of fused-ring (bicyclic) bond motifs is 1. The van der Waals surface area contributed by atoms with Crippen LogP contribution in [0.5, 0.6) is 17.2 Å². The van der Waals surface area contributed by atoms with Gasteiger partial charge < -0.3 is 19.5 Å². The van der Waals surface area contributed by atoms with Crippen LogP contribution in [-0.4, -0.2) is 18.2 Å². The van der Waals surface area contributed by atoms with Crippen molar-refractivity contribution in [3.05, 3.63) is 60.0 Å². The van der Waals surface area contributed by atoms with Gasteiger partial charge >= 0.3 is 0 Å². The summed E-state index contributed by atoms with van der Waals surface area (Å²) in [6, 6.07) is 13.9. The molecular weight excluding hydrogens is 338 g/mol. The number of hydrogen-bond donors (Lipinski definition) is 1. The zero-order valence-corrected chi connectivity index (χ0v) is 16.7. The van der Waals surface area contributed by atoms with Gasteiger partial charge in [-0.1, -0.05) is 52.3 Å². The van der Waals surface area contributed by atoms with E-state index in [-0.39, 0.29) is 11.2 Å². The first-order chi connectivity index (χ1) is 12.9. The summed E-state index contributed by atoms with van der Waals surface area (Å²) in [4.78, 5) is 2.30. The van der Waals surface area contributed by atoms with Crippen molar-refractivity contribution in [1.82, 2.24) is 0 Å². The largest absolute Gasteiger partial charge is 0.508 e. The predicted molar refractivity (Wildman–Crippen MR) is 110 cm³/mol. The van der Waals surface area contributed by atoms with Crippen LogP contribution in [0.2, 0.25) is 0 Å². The number of ether oxygens (including phenoxy) is 2. The van der Waals surface area contributed by atoms with E-state index >= 15 is 0 Å². The van der Waals surface area contributed by atoms with E-state index in [1.165, 1.54) is 5.69 Å². The Morgan fingerprint density at radius 2 is 1.78 bits per heavy atom. The van der Waals surface area contributed by atoms with Crippen LogP contribution in [0.3, 0.4) is 0 Å². The molecule has 1 N–H and O–H groups in total. The highest BCUT2D eigenvalue weighted by Gasteiger charge is 2.24. The second-order valence-electron chi connectivity index (χ2n) is 7.98. The Labute approximate surface area is 162 Å². The van der Waals surface area contributed by atoms with Gasteiger partial charge in [-0.2, -0.15) is 0 Å². The van der Waals surface area contributed by atoms with E-state index < -0.39 is 0 Å². The highest BCUT2D eigenvalue weighted by Crippen LogP contribution is 2.42. The summed E-state index contributed by atoms with van der Waals surface area (Å²) in [5.74, 6) is 2.19. The maximum atomic E-state index is 10.3. The molecule has 3 rings (SSSR count). The fourth-order valence-corrected chi connectivity index (χ4v) is 3.16. The molecule has 4 heteroatoms. The molecule has 0 saturated heterocycles. The Balaban J connectivity index is 1.80. The lowest BCUT2D eigenvalue weighted by Gasteiger charge is -2.28. The maximum absolute atomic E-state index is 10.3. The molecule has 0 unspecified atom stereocenters. The number of phenolic OH excluding ortho intramolecular Hbond substituents is 1. The van der Waals surface area contributed by atoms with Gasteiger partial charge in [0.1, 0.15) is 12.0 Å². The normalized spacial score (nSPS) is 13.3. The lowest BCUT2D eigenvalue weighted by Crippen LogP contribution is -2.29. The molecule has 0 fully saturated rings. The first-order valence-corrected chi connectivity index (χ1v) is 9.59. The molecule has 0 aliphatic carbocycles. The number of nitrogens with zero attached hydrogens (tertiary/aromatic N) is 1. The standard InChI is InChI=1S/C23H29NO3/c1-5-6-12-24(17-10-8-7-9-11-17)15-18-16-26-21-14-20(25)19(23(2,3)4)13-22(21)27-18/h7-11,13-14,16,25H,5-6,12,15H2,1-4H3. The van der Waals surface area contributed by atoms with Crippen LogP contribution in [0, 0.1) is 0 Å². The summed E-state index contributed by atoms with van der Waals surface area (Å²) >= 11 is 0. The predicted octanol–water partition coefficient (Wildman–Crippen LogP) is 5.61. The van der Waals surface area contributed by atoms with Crippen molar-refractivity contribution < 1.29 is 14.6 Å². The average Bonchev–Trinajstić information content (AvgIpc) is 2.64. The van der Waals surface area contributed by atoms with Crippen LogP contribution in [0.4, 0.5) is 5.69 Å². The molecule has 0 saturated carbocycles.